The van der Waals surface area contributed by atoms with Gasteiger partial charge in [-0.3, -0.25) is 14.9 Å². The van der Waals surface area contributed by atoms with Crippen molar-refractivity contribution >= 4 is 28.6 Å². The number of non-ortho nitro benzene ring substituents is 1. The largest absolute Gasteiger partial charge is 0.495 e. The van der Waals surface area contributed by atoms with Gasteiger partial charge in [-0.05, 0) is 23.8 Å². The Kier molecular flexibility index (Phi) is 5.67. The molecule has 3 aromatic rings. The number of rotatable bonds is 5. The Morgan fingerprint density at radius 3 is 2.30 bits per heavy atom. The molecule has 0 unspecified atom stereocenters. The third-order valence-electron chi connectivity index (χ3n) is 5.16. The summed E-state index contributed by atoms with van der Waals surface area (Å²) < 4.78 is 5.48. The Hall–Kier alpha value is -3.39. The molecule has 1 aliphatic rings. The van der Waals surface area contributed by atoms with E-state index in [1.54, 1.807) is 19.2 Å². The summed E-state index contributed by atoms with van der Waals surface area (Å²) in [7, 11) is 1.58. The molecular formula is C22H21N3O4S. The molecule has 0 aliphatic carbocycles. The maximum Gasteiger partial charge on any atom is 0.269 e. The topological polar surface area (TPSA) is 75.9 Å². The van der Waals surface area contributed by atoms with E-state index < -0.39 is 4.92 Å². The van der Waals surface area contributed by atoms with E-state index in [-0.39, 0.29) is 11.6 Å². The summed E-state index contributed by atoms with van der Waals surface area (Å²) in [5, 5.41) is 10.8. The van der Waals surface area contributed by atoms with Crippen LogP contribution in [0.4, 0.5) is 11.4 Å². The van der Waals surface area contributed by atoms with Gasteiger partial charge in [-0.2, -0.15) is 0 Å². The number of ether oxygens (including phenoxy) is 1. The van der Waals surface area contributed by atoms with E-state index in [0.717, 1.165) is 16.1 Å². The molecule has 4 rings (SSSR count). The van der Waals surface area contributed by atoms with E-state index in [0.29, 0.717) is 36.8 Å². The molecule has 1 saturated heterocycles. The Balaban J connectivity index is 1.45. The summed E-state index contributed by atoms with van der Waals surface area (Å²) in [6.45, 7) is 2.50. The van der Waals surface area contributed by atoms with Crippen LogP contribution in [0.5, 0.6) is 5.75 Å². The minimum absolute atomic E-state index is 0.0256. The molecule has 0 spiro atoms. The first-order valence-electron chi connectivity index (χ1n) is 9.59. The number of nitro groups is 1. The van der Waals surface area contributed by atoms with Gasteiger partial charge in [0.05, 0.1) is 12.0 Å². The van der Waals surface area contributed by atoms with Crippen LogP contribution in [-0.4, -0.2) is 49.0 Å². The predicted molar refractivity (Wildman–Crippen MR) is 118 cm³/mol. The fraction of sp³-hybridized carbons (Fsp3) is 0.227. The number of benzene rings is 2. The first kappa shape index (κ1) is 19.9. The standard InChI is InChI=1S/C22H21N3O4S/c1-29-19-15-20(16-5-3-2-4-6-16)30-21(19)22(26)24-13-11-23(12-14-24)17-7-9-18(10-8-17)25(27)28/h2-10,15H,11-14H2,1H3. The van der Waals surface area contributed by atoms with Crippen molar-refractivity contribution in [3.8, 4) is 16.2 Å². The number of anilines is 1. The molecule has 154 valence electrons. The molecule has 0 bridgehead atoms. The van der Waals surface area contributed by atoms with Crippen LogP contribution < -0.4 is 9.64 Å². The number of methoxy groups -OCH3 is 1. The number of nitrogens with zero attached hydrogens (tertiary/aromatic N) is 3. The lowest BCUT2D eigenvalue weighted by Crippen LogP contribution is -2.48. The molecule has 0 N–H and O–H groups in total. The van der Waals surface area contributed by atoms with Gasteiger partial charge in [0, 0.05) is 48.9 Å². The Morgan fingerprint density at radius 2 is 1.70 bits per heavy atom. The maximum atomic E-state index is 13.1. The summed E-state index contributed by atoms with van der Waals surface area (Å²) in [6, 6.07) is 18.4. The van der Waals surface area contributed by atoms with Crippen LogP contribution in [0.25, 0.3) is 10.4 Å². The van der Waals surface area contributed by atoms with Crippen molar-refractivity contribution in [2.45, 2.75) is 0 Å². The summed E-state index contributed by atoms with van der Waals surface area (Å²) in [5.74, 6) is 0.573. The number of carbonyl (C=O) groups is 1. The first-order chi connectivity index (χ1) is 14.6. The Morgan fingerprint density at radius 1 is 1.03 bits per heavy atom. The van der Waals surface area contributed by atoms with Crippen LogP contribution in [0.15, 0.2) is 60.7 Å². The van der Waals surface area contributed by atoms with Crippen molar-refractivity contribution < 1.29 is 14.5 Å². The van der Waals surface area contributed by atoms with E-state index in [1.807, 2.05) is 41.3 Å². The first-order valence-corrected chi connectivity index (χ1v) is 10.4. The second kappa shape index (κ2) is 8.54. The molecule has 0 saturated carbocycles. The SMILES string of the molecule is COc1cc(-c2ccccc2)sc1C(=O)N1CCN(c2ccc([N+](=O)[O-])cc2)CC1. The zero-order valence-corrected chi connectivity index (χ0v) is 17.3. The molecule has 7 nitrogen and oxygen atoms in total. The highest BCUT2D eigenvalue weighted by molar-refractivity contribution is 7.17. The van der Waals surface area contributed by atoms with Gasteiger partial charge in [-0.1, -0.05) is 30.3 Å². The quantitative estimate of drug-likeness (QED) is 0.452. The maximum absolute atomic E-state index is 13.1. The minimum atomic E-state index is -0.404. The molecule has 8 heteroatoms. The Labute approximate surface area is 178 Å². The molecule has 1 amide bonds. The molecule has 1 aromatic heterocycles. The van der Waals surface area contributed by atoms with Gasteiger partial charge < -0.3 is 14.5 Å². The molecule has 0 radical (unpaired) electrons. The summed E-state index contributed by atoms with van der Waals surface area (Å²) >= 11 is 1.45. The van der Waals surface area contributed by atoms with Crippen molar-refractivity contribution in [1.29, 1.82) is 0 Å². The van der Waals surface area contributed by atoms with Crippen molar-refractivity contribution in [2.75, 3.05) is 38.2 Å². The van der Waals surface area contributed by atoms with Crippen molar-refractivity contribution in [1.82, 2.24) is 4.90 Å². The highest BCUT2D eigenvalue weighted by Gasteiger charge is 2.27. The van der Waals surface area contributed by atoms with Crippen LogP contribution in [0.1, 0.15) is 9.67 Å². The average Bonchev–Trinajstić information content (AvgIpc) is 3.24. The minimum Gasteiger partial charge on any atom is -0.495 e. The second-order valence-corrected chi connectivity index (χ2v) is 7.98. The number of amides is 1. The van der Waals surface area contributed by atoms with Gasteiger partial charge in [-0.25, -0.2) is 0 Å². The lowest BCUT2D eigenvalue weighted by Gasteiger charge is -2.36. The van der Waals surface area contributed by atoms with E-state index in [1.165, 1.54) is 23.5 Å². The zero-order chi connectivity index (χ0) is 21.1. The number of carbonyl (C=O) groups excluding carboxylic acids is 1. The molecule has 1 aliphatic heterocycles. The summed E-state index contributed by atoms with van der Waals surface area (Å²) in [4.78, 5) is 29.2. The summed E-state index contributed by atoms with van der Waals surface area (Å²) in [5.41, 5.74) is 2.06. The van der Waals surface area contributed by atoms with Gasteiger partial charge in [0.15, 0.2) is 0 Å². The second-order valence-electron chi connectivity index (χ2n) is 6.93. The highest BCUT2D eigenvalue weighted by atomic mass is 32.1. The lowest BCUT2D eigenvalue weighted by atomic mass is 10.2. The Bertz CT molecular complexity index is 1040. The molecule has 1 fully saturated rings. The van der Waals surface area contributed by atoms with Crippen molar-refractivity contribution in [2.24, 2.45) is 0 Å². The van der Waals surface area contributed by atoms with E-state index >= 15 is 0 Å². The third-order valence-corrected chi connectivity index (χ3v) is 6.32. The van der Waals surface area contributed by atoms with Crippen LogP contribution in [0, 0.1) is 10.1 Å². The van der Waals surface area contributed by atoms with E-state index in [9.17, 15) is 14.9 Å². The molecule has 0 atom stereocenters. The van der Waals surface area contributed by atoms with Crippen LogP contribution in [0.2, 0.25) is 0 Å². The lowest BCUT2D eigenvalue weighted by molar-refractivity contribution is -0.384. The van der Waals surface area contributed by atoms with Crippen LogP contribution in [0.3, 0.4) is 0 Å². The van der Waals surface area contributed by atoms with Crippen LogP contribution >= 0.6 is 11.3 Å². The number of piperazine rings is 1. The number of hydrogen-bond donors (Lipinski definition) is 0. The van der Waals surface area contributed by atoms with Gasteiger partial charge in [0.2, 0.25) is 0 Å². The van der Waals surface area contributed by atoms with Crippen LogP contribution in [-0.2, 0) is 0 Å². The normalized spacial score (nSPS) is 13.9. The van der Waals surface area contributed by atoms with Gasteiger partial charge in [0.25, 0.3) is 11.6 Å². The fourth-order valence-electron chi connectivity index (χ4n) is 3.52. The van der Waals surface area contributed by atoms with E-state index in [2.05, 4.69) is 4.90 Å². The molecular weight excluding hydrogens is 402 g/mol. The van der Waals surface area contributed by atoms with Gasteiger partial charge >= 0.3 is 0 Å². The smallest absolute Gasteiger partial charge is 0.269 e. The van der Waals surface area contributed by atoms with E-state index in [4.69, 9.17) is 4.74 Å². The monoisotopic (exact) mass is 423 g/mol. The highest BCUT2D eigenvalue weighted by Crippen LogP contribution is 2.37. The predicted octanol–water partition coefficient (Wildman–Crippen LogP) is 4.29. The fourth-order valence-corrected chi connectivity index (χ4v) is 4.62. The number of thiophene rings is 1. The van der Waals surface area contributed by atoms with Gasteiger partial charge in [-0.15, -0.1) is 11.3 Å². The average molecular weight is 423 g/mol. The number of hydrogen-bond acceptors (Lipinski definition) is 6. The van der Waals surface area contributed by atoms with Gasteiger partial charge in [0.1, 0.15) is 10.6 Å². The molecule has 2 aromatic carbocycles. The molecule has 30 heavy (non-hydrogen) atoms. The van der Waals surface area contributed by atoms with Crippen molar-refractivity contribution in [3.05, 3.63) is 75.7 Å². The number of nitro benzene ring substituents is 1. The third kappa shape index (κ3) is 3.99. The summed E-state index contributed by atoms with van der Waals surface area (Å²) in [6.07, 6.45) is 0. The molecule has 2 heterocycles. The van der Waals surface area contributed by atoms with Crippen molar-refractivity contribution in [3.63, 3.8) is 0 Å². The zero-order valence-electron chi connectivity index (χ0n) is 16.5.